The molecule has 1 saturated heterocycles. The molecule has 2 fully saturated rings. The van der Waals surface area contributed by atoms with Crippen molar-refractivity contribution in [2.45, 2.75) is 25.7 Å². The minimum Gasteiger partial charge on any atom is -0.356 e. The molecule has 2 aromatic rings. The van der Waals surface area contributed by atoms with Gasteiger partial charge in [0.25, 0.3) is 0 Å². The Morgan fingerprint density at radius 1 is 1.25 bits per heavy atom. The smallest absolute Gasteiger partial charge is 0.224 e. The number of carbonyl (C=O) groups excluding carboxylic acids is 1. The Morgan fingerprint density at radius 2 is 2.12 bits per heavy atom. The van der Waals surface area contributed by atoms with Crippen LogP contribution in [0.25, 0.3) is 10.9 Å². The largest absolute Gasteiger partial charge is 0.356 e. The fourth-order valence-electron chi connectivity index (χ4n) is 3.39. The first-order valence-corrected chi connectivity index (χ1v) is 9.58. The van der Waals surface area contributed by atoms with Crippen molar-refractivity contribution in [2.75, 3.05) is 24.5 Å². The lowest BCUT2D eigenvalue weighted by atomic mass is 9.97. The third-order valence-corrected chi connectivity index (χ3v) is 5.67. The number of nitrogens with zero attached hydrogens (tertiary/aromatic N) is 2. The summed E-state index contributed by atoms with van der Waals surface area (Å²) in [6, 6.07) is 10.3. The van der Waals surface area contributed by atoms with Crippen LogP contribution in [0, 0.1) is 11.8 Å². The van der Waals surface area contributed by atoms with E-state index in [1.165, 1.54) is 12.8 Å². The number of fused-ring (bicyclic) bond motifs is 1. The molecule has 2 aliphatic rings. The number of carbonyl (C=O) groups is 1. The Labute approximate surface area is 150 Å². The van der Waals surface area contributed by atoms with Crippen molar-refractivity contribution in [1.82, 2.24) is 10.3 Å². The number of anilines is 1. The number of amides is 1. The zero-order valence-corrected chi connectivity index (χ0v) is 15.3. The van der Waals surface area contributed by atoms with E-state index in [-0.39, 0.29) is 11.8 Å². The number of para-hydroxylation sites is 1. The van der Waals surface area contributed by atoms with E-state index in [1.807, 2.05) is 12.1 Å². The van der Waals surface area contributed by atoms with E-state index in [2.05, 4.69) is 44.3 Å². The van der Waals surface area contributed by atoms with Crippen LogP contribution in [0.1, 0.15) is 25.7 Å². The maximum Gasteiger partial charge on any atom is 0.224 e. The standard InChI is InChI=1S/C19H22BrN3O/c20-16-5-1-3-14-8-9-17(22-18(14)16)23-10-2-4-15(12-23)19(24)21-11-13-6-7-13/h1,3,5,8-9,13,15H,2,4,6-7,10-12H2,(H,21,24). The lowest BCUT2D eigenvalue weighted by Gasteiger charge is -2.33. The molecule has 0 bridgehead atoms. The predicted octanol–water partition coefficient (Wildman–Crippen LogP) is 3.74. The molecule has 1 aromatic carbocycles. The summed E-state index contributed by atoms with van der Waals surface area (Å²) >= 11 is 3.58. The molecule has 1 aliphatic heterocycles. The normalized spacial score (nSPS) is 21.0. The Kier molecular flexibility index (Phi) is 4.44. The second kappa shape index (κ2) is 6.71. The quantitative estimate of drug-likeness (QED) is 0.868. The number of aromatic nitrogens is 1. The van der Waals surface area contributed by atoms with Gasteiger partial charge in [-0.2, -0.15) is 0 Å². The molecule has 1 amide bonds. The van der Waals surface area contributed by atoms with Gasteiger partial charge in [-0.05, 0) is 65.7 Å². The molecule has 1 aromatic heterocycles. The molecule has 4 nitrogen and oxygen atoms in total. The average molecular weight is 388 g/mol. The van der Waals surface area contributed by atoms with Crippen molar-refractivity contribution < 1.29 is 4.79 Å². The van der Waals surface area contributed by atoms with E-state index in [4.69, 9.17) is 4.98 Å². The summed E-state index contributed by atoms with van der Waals surface area (Å²) in [5, 5.41) is 4.26. The van der Waals surface area contributed by atoms with Gasteiger partial charge < -0.3 is 10.2 Å². The summed E-state index contributed by atoms with van der Waals surface area (Å²) in [5.41, 5.74) is 0.982. The van der Waals surface area contributed by atoms with Gasteiger partial charge in [0.05, 0.1) is 11.4 Å². The highest BCUT2D eigenvalue weighted by Gasteiger charge is 2.28. The van der Waals surface area contributed by atoms with Crippen molar-refractivity contribution in [2.24, 2.45) is 11.8 Å². The van der Waals surface area contributed by atoms with Crippen LogP contribution in [0.4, 0.5) is 5.82 Å². The minimum absolute atomic E-state index is 0.0780. The second-order valence-corrected chi connectivity index (χ2v) is 7.81. The molecule has 2 heterocycles. The Hall–Kier alpha value is -1.62. The molecular weight excluding hydrogens is 366 g/mol. The van der Waals surface area contributed by atoms with E-state index in [0.717, 1.165) is 59.6 Å². The zero-order chi connectivity index (χ0) is 16.5. The van der Waals surface area contributed by atoms with Crippen molar-refractivity contribution in [3.8, 4) is 0 Å². The van der Waals surface area contributed by atoms with Crippen LogP contribution in [-0.4, -0.2) is 30.5 Å². The molecular formula is C19H22BrN3O. The molecule has 4 rings (SSSR count). The van der Waals surface area contributed by atoms with Gasteiger partial charge in [0.15, 0.2) is 0 Å². The van der Waals surface area contributed by atoms with E-state index in [9.17, 15) is 4.79 Å². The van der Waals surface area contributed by atoms with Crippen LogP contribution >= 0.6 is 15.9 Å². The number of halogens is 1. The number of hydrogen-bond acceptors (Lipinski definition) is 3. The van der Waals surface area contributed by atoms with Crippen LogP contribution in [0.2, 0.25) is 0 Å². The summed E-state index contributed by atoms with van der Waals surface area (Å²) in [6.45, 7) is 2.59. The van der Waals surface area contributed by atoms with Crippen molar-refractivity contribution in [3.63, 3.8) is 0 Å². The van der Waals surface area contributed by atoms with Gasteiger partial charge in [-0.25, -0.2) is 4.98 Å². The SMILES string of the molecule is O=C(NCC1CC1)C1CCCN(c2ccc3cccc(Br)c3n2)C1. The number of hydrogen-bond donors (Lipinski definition) is 1. The highest BCUT2D eigenvalue weighted by molar-refractivity contribution is 9.10. The number of pyridine rings is 1. The van der Waals surface area contributed by atoms with Gasteiger partial charge in [-0.3, -0.25) is 4.79 Å². The second-order valence-electron chi connectivity index (χ2n) is 6.95. The molecule has 1 unspecified atom stereocenters. The predicted molar refractivity (Wildman–Crippen MR) is 100 cm³/mol. The molecule has 1 atom stereocenters. The van der Waals surface area contributed by atoms with Gasteiger partial charge in [-0.1, -0.05) is 12.1 Å². The van der Waals surface area contributed by atoms with Crippen LogP contribution in [0.15, 0.2) is 34.8 Å². The van der Waals surface area contributed by atoms with Gasteiger partial charge >= 0.3 is 0 Å². The third-order valence-electron chi connectivity index (χ3n) is 5.03. The molecule has 5 heteroatoms. The summed E-state index contributed by atoms with van der Waals surface area (Å²) in [4.78, 5) is 19.5. The van der Waals surface area contributed by atoms with Gasteiger partial charge in [0.1, 0.15) is 5.82 Å². The summed E-state index contributed by atoms with van der Waals surface area (Å²) in [7, 11) is 0. The maximum atomic E-state index is 12.4. The highest BCUT2D eigenvalue weighted by atomic mass is 79.9. The number of benzene rings is 1. The Morgan fingerprint density at radius 3 is 2.96 bits per heavy atom. The summed E-state index contributed by atoms with van der Waals surface area (Å²) in [6.07, 6.45) is 4.56. The molecule has 24 heavy (non-hydrogen) atoms. The first-order valence-electron chi connectivity index (χ1n) is 8.78. The number of nitrogens with one attached hydrogen (secondary N) is 1. The minimum atomic E-state index is 0.0780. The van der Waals surface area contributed by atoms with Gasteiger partial charge in [-0.15, -0.1) is 0 Å². The molecule has 0 radical (unpaired) electrons. The monoisotopic (exact) mass is 387 g/mol. The van der Waals surface area contributed by atoms with Crippen LogP contribution in [-0.2, 0) is 4.79 Å². The zero-order valence-electron chi connectivity index (χ0n) is 13.7. The molecule has 1 N–H and O–H groups in total. The maximum absolute atomic E-state index is 12.4. The Balaban J connectivity index is 1.48. The highest BCUT2D eigenvalue weighted by Crippen LogP contribution is 2.29. The Bertz CT molecular complexity index is 759. The van der Waals surface area contributed by atoms with E-state index in [1.54, 1.807) is 0 Å². The van der Waals surface area contributed by atoms with E-state index >= 15 is 0 Å². The van der Waals surface area contributed by atoms with E-state index < -0.39 is 0 Å². The van der Waals surface area contributed by atoms with Gasteiger partial charge in [0, 0.05) is 29.5 Å². The topological polar surface area (TPSA) is 45.2 Å². The van der Waals surface area contributed by atoms with Crippen molar-refractivity contribution >= 4 is 38.6 Å². The first-order chi connectivity index (χ1) is 11.7. The lowest BCUT2D eigenvalue weighted by Crippen LogP contribution is -2.43. The number of piperidine rings is 1. The number of rotatable bonds is 4. The van der Waals surface area contributed by atoms with Crippen LogP contribution in [0.3, 0.4) is 0 Å². The molecule has 126 valence electrons. The van der Waals surface area contributed by atoms with Crippen LogP contribution < -0.4 is 10.2 Å². The van der Waals surface area contributed by atoms with Crippen molar-refractivity contribution in [3.05, 3.63) is 34.8 Å². The molecule has 1 aliphatic carbocycles. The van der Waals surface area contributed by atoms with Gasteiger partial charge in [0.2, 0.25) is 5.91 Å². The van der Waals surface area contributed by atoms with Crippen molar-refractivity contribution in [1.29, 1.82) is 0 Å². The third kappa shape index (κ3) is 3.41. The van der Waals surface area contributed by atoms with Crippen LogP contribution in [0.5, 0.6) is 0 Å². The first kappa shape index (κ1) is 15.9. The lowest BCUT2D eigenvalue weighted by molar-refractivity contribution is -0.125. The fraction of sp³-hybridized carbons (Fsp3) is 0.474. The van der Waals surface area contributed by atoms with E-state index in [0.29, 0.717) is 0 Å². The average Bonchev–Trinajstić information content (AvgIpc) is 3.44. The summed E-state index contributed by atoms with van der Waals surface area (Å²) in [5.74, 6) is 1.99. The molecule has 0 spiro atoms. The molecule has 1 saturated carbocycles. The fourth-order valence-corrected chi connectivity index (χ4v) is 3.86. The summed E-state index contributed by atoms with van der Waals surface area (Å²) < 4.78 is 1.01.